The van der Waals surface area contributed by atoms with Gasteiger partial charge in [0.1, 0.15) is 6.54 Å². The number of hydrogen-bond acceptors (Lipinski definition) is 0. The van der Waals surface area contributed by atoms with Gasteiger partial charge in [-0.05, 0) is 0 Å². The second-order valence-corrected chi connectivity index (χ2v) is 3.93. The molecule has 0 aromatic heterocycles. The summed E-state index contributed by atoms with van der Waals surface area (Å²) >= 11 is 0. The van der Waals surface area contributed by atoms with Crippen molar-refractivity contribution in [3.8, 4) is 0 Å². The largest absolute Gasteiger partial charge is 4.00 e. The SMILES string of the molecule is C[N+](C)(C)Cc1ccccc1.[Cl-].[Cl-].[Cl-].[Cl-].[Cl-].[Cl-].[Pt+4]. The molecular formula is C10H16Cl6NPt-. The normalized spacial score (nSPS) is 7.06. The van der Waals surface area contributed by atoms with Crippen LogP contribution in [0.5, 0.6) is 0 Å². The molecule has 0 amide bonds. The van der Waals surface area contributed by atoms with Crippen molar-refractivity contribution in [1.82, 2.24) is 0 Å². The summed E-state index contributed by atoms with van der Waals surface area (Å²) in [4.78, 5) is 0. The van der Waals surface area contributed by atoms with Gasteiger partial charge in [0.2, 0.25) is 0 Å². The molecular weight excluding hydrogens is 542 g/mol. The zero-order valence-electron chi connectivity index (χ0n) is 10.1. The zero-order chi connectivity index (χ0) is 8.32. The number of quaternary nitrogens is 1. The molecule has 0 atom stereocenters. The van der Waals surface area contributed by atoms with Crippen molar-refractivity contribution in [2.45, 2.75) is 6.54 Å². The predicted molar refractivity (Wildman–Crippen MR) is 48.2 cm³/mol. The Hall–Kier alpha value is 1.61. The number of benzene rings is 1. The summed E-state index contributed by atoms with van der Waals surface area (Å²) in [5.74, 6) is 0. The molecule has 114 valence electrons. The van der Waals surface area contributed by atoms with Gasteiger partial charge in [-0.3, -0.25) is 0 Å². The first-order chi connectivity index (χ1) is 5.08. The van der Waals surface area contributed by atoms with Gasteiger partial charge in [0.05, 0.1) is 21.1 Å². The average Bonchev–Trinajstić information content (AvgIpc) is 1.85. The van der Waals surface area contributed by atoms with Crippen molar-refractivity contribution >= 4 is 0 Å². The van der Waals surface area contributed by atoms with E-state index in [9.17, 15) is 0 Å². The van der Waals surface area contributed by atoms with Crippen LogP contribution in [0.25, 0.3) is 0 Å². The van der Waals surface area contributed by atoms with Gasteiger partial charge in [-0.15, -0.1) is 0 Å². The van der Waals surface area contributed by atoms with Crippen LogP contribution in [-0.2, 0) is 27.6 Å². The number of halogens is 6. The van der Waals surface area contributed by atoms with Crippen LogP contribution in [0, 0.1) is 0 Å². The van der Waals surface area contributed by atoms with Crippen LogP contribution in [0.2, 0.25) is 0 Å². The average molecular weight is 558 g/mol. The Morgan fingerprint density at radius 1 is 0.722 bits per heavy atom. The molecule has 0 fully saturated rings. The fourth-order valence-electron chi connectivity index (χ4n) is 1.13. The summed E-state index contributed by atoms with van der Waals surface area (Å²) in [5.41, 5.74) is 1.40. The van der Waals surface area contributed by atoms with Gasteiger partial charge in [-0.25, -0.2) is 0 Å². The molecule has 18 heavy (non-hydrogen) atoms. The van der Waals surface area contributed by atoms with Crippen LogP contribution >= 0.6 is 0 Å². The van der Waals surface area contributed by atoms with Crippen LogP contribution < -0.4 is 74.4 Å². The van der Waals surface area contributed by atoms with E-state index < -0.39 is 0 Å². The Morgan fingerprint density at radius 3 is 1.33 bits per heavy atom. The molecule has 0 spiro atoms. The van der Waals surface area contributed by atoms with Gasteiger partial charge in [-0.2, -0.15) is 0 Å². The van der Waals surface area contributed by atoms with Gasteiger partial charge in [-0.1, -0.05) is 30.3 Å². The van der Waals surface area contributed by atoms with Crippen LogP contribution in [0.3, 0.4) is 0 Å². The Morgan fingerprint density at radius 2 is 1.06 bits per heavy atom. The summed E-state index contributed by atoms with van der Waals surface area (Å²) in [5, 5.41) is 0. The van der Waals surface area contributed by atoms with E-state index in [-0.39, 0.29) is 95.5 Å². The van der Waals surface area contributed by atoms with E-state index in [1.54, 1.807) is 0 Å². The molecule has 1 rings (SSSR count). The van der Waals surface area contributed by atoms with E-state index in [0.717, 1.165) is 11.0 Å². The molecule has 8 heteroatoms. The molecule has 0 saturated heterocycles. The van der Waals surface area contributed by atoms with Crippen molar-refractivity contribution in [3.63, 3.8) is 0 Å². The number of hydrogen-bond donors (Lipinski definition) is 0. The Kier molecular flexibility index (Phi) is 49.6. The Balaban J connectivity index is -0.0000000346. The quantitative estimate of drug-likeness (QED) is 0.317. The molecule has 1 nitrogen and oxygen atoms in total. The van der Waals surface area contributed by atoms with Gasteiger partial charge in [0.25, 0.3) is 0 Å². The standard InChI is InChI=1S/C10H16N.6ClH.Pt/c1-11(2,3)9-10-7-5-4-6-8-10;;;;;;;/h4-8H,9H2,1-3H3;6*1H;/q+1;;;;;;;+4/p-6. The molecule has 0 saturated carbocycles. The van der Waals surface area contributed by atoms with E-state index in [0.29, 0.717) is 0 Å². The summed E-state index contributed by atoms with van der Waals surface area (Å²) in [6, 6.07) is 10.6. The van der Waals surface area contributed by atoms with Crippen molar-refractivity contribution in [3.05, 3.63) is 35.9 Å². The molecule has 1 aromatic rings. The van der Waals surface area contributed by atoms with Crippen LogP contribution in [0.1, 0.15) is 5.56 Å². The third-order valence-corrected chi connectivity index (χ3v) is 1.50. The van der Waals surface area contributed by atoms with Crippen LogP contribution in [0.15, 0.2) is 30.3 Å². The maximum absolute atomic E-state index is 2.20. The topological polar surface area (TPSA) is 0 Å². The number of rotatable bonds is 2. The first kappa shape index (κ1) is 42.7. The van der Waals surface area contributed by atoms with E-state index in [1.165, 1.54) is 5.56 Å². The predicted octanol–water partition coefficient (Wildman–Crippen LogP) is -16.1. The second kappa shape index (κ2) is 20.9. The van der Waals surface area contributed by atoms with E-state index in [4.69, 9.17) is 0 Å². The molecule has 0 unspecified atom stereocenters. The fraction of sp³-hybridized carbons (Fsp3) is 0.400. The third-order valence-electron chi connectivity index (χ3n) is 1.50. The third kappa shape index (κ3) is 22.8. The van der Waals surface area contributed by atoms with Gasteiger partial charge < -0.3 is 78.9 Å². The monoisotopic (exact) mass is 555 g/mol. The molecule has 0 radical (unpaired) electrons. The van der Waals surface area contributed by atoms with Crippen molar-refractivity contribution < 1.29 is 100.0 Å². The maximum atomic E-state index is 2.20. The fourth-order valence-corrected chi connectivity index (χ4v) is 1.13. The van der Waals surface area contributed by atoms with Gasteiger partial charge >= 0.3 is 21.1 Å². The second-order valence-electron chi connectivity index (χ2n) is 3.93. The van der Waals surface area contributed by atoms with E-state index in [1.807, 2.05) is 0 Å². The molecule has 0 aliphatic heterocycles. The summed E-state index contributed by atoms with van der Waals surface area (Å²) in [7, 11) is 6.60. The minimum Gasteiger partial charge on any atom is -1.00 e. The molecule has 0 aliphatic carbocycles. The maximum Gasteiger partial charge on any atom is 4.00 e. The van der Waals surface area contributed by atoms with Crippen molar-refractivity contribution in [2.75, 3.05) is 21.1 Å². The first-order valence-electron chi connectivity index (χ1n) is 3.92. The van der Waals surface area contributed by atoms with Crippen molar-refractivity contribution in [1.29, 1.82) is 0 Å². The van der Waals surface area contributed by atoms with E-state index >= 15 is 0 Å². The van der Waals surface area contributed by atoms with Crippen molar-refractivity contribution in [2.24, 2.45) is 0 Å². The molecule has 0 aliphatic rings. The first-order valence-corrected chi connectivity index (χ1v) is 3.92. The molecule has 0 heterocycles. The summed E-state index contributed by atoms with van der Waals surface area (Å²) < 4.78 is 0.990. The summed E-state index contributed by atoms with van der Waals surface area (Å²) in [6.07, 6.45) is 0. The Labute approximate surface area is 162 Å². The van der Waals surface area contributed by atoms with Crippen LogP contribution in [-0.4, -0.2) is 25.6 Å². The molecule has 0 bridgehead atoms. The van der Waals surface area contributed by atoms with Gasteiger partial charge in [0, 0.05) is 5.56 Å². The van der Waals surface area contributed by atoms with E-state index in [2.05, 4.69) is 51.5 Å². The number of nitrogens with zero attached hydrogens (tertiary/aromatic N) is 1. The minimum atomic E-state index is 0. The zero-order valence-corrected chi connectivity index (χ0v) is 16.9. The molecule has 0 N–H and O–H groups in total. The Bertz CT molecular complexity index is 230. The van der Waals surface area contributed by atoms with Crippen LogP contribution in [0.4, 0.5) is 0 Å². The minimum absolute atomic E-state index is 0. The molecule has 1 aromatic carbocycles. The smallest absolute Gasteiger partial charge is 1.00 e. The summed E-state index contributed by atoms with van der Waals surface area (Å²) in [6.45, 7) is 1.10. The van der Waals surface area contributed by atoms with Gasteiger partial charge in [0.15, 0.2) is 0 Å².